The second-order valence-corrected chi connectivity index (χ2v) is 6.20. The van der Waals surface area contributed by atoms with Crippen LogP contribution in [-0.4, -0.2) is 23.8 Å². The molecular weight excluding hydrogens is 375 g/mol. The molecule has 1 N–H and O–H groups in total. The number of carbonyl (C=O) groups excluding carboxylic acids is 2. The van der Waals surface area contributed by atoms with Crippen LogP contribution in [-0.2, 0) is 9.59 Å². The summed E-state index contributed by atoms with van der Waals surface area (Å²) in [6.45, 7) is 0. The molecule has 0 heterocycles. The van der Waals surface area contributed by atoms with E-state index in [1.54, 1.807) is 36.4 Å². The normalized spacial score (nSPS) is 11.2. The second kappa shape index (κ2) is 9.22. The number of hydrogen-bond acceptors (Lipinski definition) is 4. The first kappa shape index (κ1) is 19.8. The van der Waals surface area contributed by atoms with Crippen LogP contribution < -0.4 is 4.74 Å². The van der Waals surface area contributed by atoms with Gasteiger partial charge >= 0.3 is 0 Å². The highest BCUT2D eigenvalue weighted by molar-refractivity contribution is 6.42. The molecule has 0 fully saturated rings. The number of allylic oxidation sites excluding steroid dienone is 2. The number of ether oxygens (including phenoxy) is 1. The molecule has 0 unspecified atom stereocenters. The van der Waals surface area contributed by atoms with E-state index in [1.807, 2.05) is 0 Å². The number of halogens is 2. The van der Waals surface area contributed by atoms with Crippen LogP contribution in [0.5, 0.6) is 11.5 Å². The highest BCUT2D eigenvalue weighted by Crippen LogP contribution is 2.26. The molecule has 2 aromatic rings. The Kier molecular flexibility index (Phi) is 7.01. The Balaban J connectivity index is 1.94. The van der Waals surface area contributed by atoms with Gasteiger partial charge in [0.25, 0.3) is 0 Å². The molecule has 0 saturated carbocycles. The summed E-state index contributed by atoms with van der Waals surface area (Å²) in [5, 5.41) is 10.5. The number of benzene rings is 2. The molecule has 0 spiro atoms. The molecule has 0 radical (unpaired) electrons. The smallest absolute Gasteiger partial charge is 0.163 e. The second-order valence-electron chi connectivity index (χ2n) is 5.38. The van der Waals surface area contributed by atoms with Crippen molar-refractivity contribution in [1.29, 1.82) is 0 Å². The van der Waals surface area contributed by atoms with Crippen LogP contribution in [0.25, 0.3) is 12.2 Å². The van der Waals surface area contributed by atoms with Crippen LogP contribution in [0.1, 0.15) is 17.5 Å². The van der Waals surface area contributed by atoms with E-state index in [-0.39, 0.29) is 23.7 Å². The summed E-state index contributed by atoms with van der Waals surface area (Å²) < 4.78 is 4.95. The average Bonchev–Trinajstić information content (AvgIpc) is 2.61. The minimum Gasteiger partial charge on any atom is -0.504 e. The summed E-state index contributed by atoms with van der Waals surface area (Å²) in [6.07, 6.45) is 5.47. The highest BCUT2D eigenvalue weighted by Gasteiger charge is 2.05. The third-order valence-electron chi connectivity index (χ3n) is 3.42. The molecule has 0 aliphatic rings. The van der Waals surface area contributed by atoms with Gasteiger partial charge in [0.05, 0.1) is 23.6 Å². The first-order valence-electron chi connectivity index (χ1n) is 7.63. The Morgan fingerprint density at radius 3 is 2.08 bits per heavy atom. The van der Waals surface area contributed by atoms with Crippen molar-refractivity contribution < 1.29 is 19.4 Å². The van der Waals surface area contributed by atoms with Gasteiger partial charge in [0.15, 0.2) is 23.1 Å². The lowest BCUT2D eigenvalue weighted by molar-refractivity contribution is -0.121. The summed E-state index contributed by atoms with van der Waals surface area (Å²) in [7, 11) is 1.45. The molecule has 6 heteroatoms. The van der Waals surface area contributed by atoms with Crippen molar-refractivity contribution in [2.24, 2.45) is 0 Å². The number of rotatable bonds is 7. The van der Waals surface area contributed by atoms with Gasteiger partial charge in [-0.2, -0.15) is 0 Å². The van der Waals surface area contributed by atoms with Gasteiger partial charge in [0, 0.05) is 0 Å². The van der Waals surface area contributed by atoms with Crippen molar-refractivity contribution in [2.75, 3.05) is 7.11 Å². The molecular formula is C20H16Cl2O4. The first-order chi connectivity index (χ1) is 12.4. The first-order valence-corrected chi connectivity index (χ1v) is 8.38. The number of aromatic hydroxyl groups is 1. The zero-order valence-electron chi connectivity index (χ0n) is 13.9. The molecule has 0 amide bonds. The van der Waals surface area contributed by atoms with Crippen molar-refractivity contribution in [3.8, 4) is 11.5 Å². The van der Waals surface area contributed by atoms with E-state index in [1.165, 1.54) is 31.4 Å². The summed E-state index contributed by atoms with van der Waals surface area (Å²) >= 11 is 11.7. The molecule has 134 valence electrons. The summed E-state index contributed by atoms with van der Waals surface area (Å²) in [6, 6.07) is 9.72. The van der Waals surface area contributed by atoms with Gasteiger partial charge in [-0.25, -0.2) is 0 Å². The van der Waals surface area contributed by atoms with Crippen molar-refractivity contribution in [1.82, 2.24) is 0 Å². The van der Waals surface area contributed by atoms with Crippen LogP contribution in [0.15, 0.2) is 48.6 Å². The Bertz CT molecular complexity index is 885. The molecule has 0 atom stereocenters. The molecule has 0 saturated heterocycles. The van der Waals surface area contributed by atoms with Gasteiger partial charge in [0.1, 0.15) is 0 Å². The summed E-state index contributed by atoms with van der Waals surface area (Å²) in [5.41, 5.74) is 1.33. The molecule has 26 heavy (non-hydrogen) atoms. The number of ketones is 2. The van der Waals surface area contributed by atoms with Crippen LogP contribution >= 0.6 is 23.2 Å². The maximum absolute atomic E-state index is 11.9. The van der Waals surface area contributed by atoms with Gasteiger partial charge in [0.2, 0.25) is 0 Å². The summed E-state index contributed by atoms with van der Waals surface area (Å²) in [5.74, 6) is -0.355. The van der Waals surface area contributed by atoms with Gasteiger partial charge in [-0.15, -0.1) is 0 Å². The van der Waals surface area contributed by atoms with Gasteiger partial charge in [-0.1, -0.05) is 47.5 Å². The third-order valence-corrected chi connectivity index (χ3v) is 4.16. The third kappa shape index (κ3) is 5.76. The fourth-order valence-corrected chi connectivity index (χ4v) is 2.40. The fourth-order valence-electron chi connectivity index (χ4n) is 2.09. The largest absolute Gasteiger partial charge is 0.504 e. The quantitative estimate of drug-likeness (QED) is 0.535. The molecule has 0 aliphatic carbocycles. The fraction of sp³-hybridized carbons (Fsp3) is 0.100. The van der Waals surface area contributed by atoms with Gasteiger partial charge < -0.3 is 9.84 Å². The predicted octanol–water partition coefficient (Wildman–Crippen LogP) is 4.96. The van der Waals surface area contributed by atoms with E-state index in [0.29, 0.717) is 26.9 Å². The van der Waals surface area contributed by atoms with Crippen LogP contribution in [0.3, 0.4) is 0 Å². The van der Waals surface area contributed by atoms with E-state index in [9.17, 15) is 14.7 Å². The topological polar surface area (TPSA) is 63.6 Å². The molecule has 0 bridgehead atoms. The zero-order chi connectivity index (χ0) is 19.1. The van der Waals surface area contributed by atoms with Crippen molar-refractivity contribution in [3.05, 3.63) is 69.7 Å². The highest BCUT2D eigenvalue weighted by atomic mass is 35.5. The molecule has 0 aromatic heterocycles. The minimum absolute atomic E-state index is 0.0252. The zero-order valence-corrected chi connectivity index (χ0v) is 15.4. The Morgan fingerprint density at radius 2 is 1.54 bits per heavy atom. The lowest BCUT2D eigenvalue weighted by Gasteiger charge is -2.03. The molecule has 2 rings (SSSR count). The van der Waals surface area contributed by atoms with Gasteiger partial charge in [-0.05, 0) is 47.5 Å². The lowest BCUT2D eigenvalue weighted by atomic mass is 10.1. The lowest BCUT2D eigenvalue weighted by Crippen LogP contribution is -2.01. The van der Waals surface area contributed by atoms with Crippen LogP contribution in [0.4, 0.5) is 0 Å². The number of hydrogen-bond donors (Lipinski definition) is 1. The maximum Gasteiger partial charge on any atom is 0.163 e. The van der Waals surface area contributed by atoms with E-state index >= 15 is 0 Å². The standard InChI is InChI=1S/C20H16Cl2O4/c1-26-20-9-5-14(11-19(20)25)3-7-16(24)12-15(23)6-2-13-4-8-17(21)18(22)10-13/h2-11,25H,12H2,1H3. The van der Waals surface area contributed by atoms with Crippen molar-refractivity contribution in [3.63, 3.8) is 0 Å². The van der Waals surface area contributed by atoms with Gasteiger partial charge in [-0.3, -0.25) is 9.59 Å². The number of phenols is 1. The maximum atomic E-state index is 11.9. The monoisotopic (exact) mass is 390 g/mol. The number of methoxy groups -OCH3 is 1. The average molecular weight is 391 g/mol. The van der Waals surface area contributed by atoms with E-state index in [0.717, 1.165) is 0 Å². The van der Waals surface area contributed by atoms with Crippen LogP contribution in [0.2, 0.25) is 10.0 Å². The SMILES string of the molecule is COc1ccc(C=CC(=O)CC(=O)C=Cc2ccc(Cl)c(Cl)c2)cc1O. The molecule has 4 nitrogen and oxygen atoms in total. The Hall–Kier alpha value is -2.56. The minimum atomic E-state index is -0.343. The molecule has 2 aromatic carbocycles. The Morgan fingerprint density at radius 1 is 0.962 bits per heavy atom. The number of carbonyl (C=O) groups is 2. The van der Waals surface area contributed by atoms with E-state index in [4.69, 9.17) is 27.9 Å². The van der Waals surface area contributed by atoms with Crippen molar-refractivity contribution in [2.45, 2.75) is 6.42 Å². The Labute approximate surface area is 161 Å². The molecule has 0 aliphatic heterocycles. The van der Waals surface area contributed by atoms with Crippen molar-refractivity contribution >= 4 is 46.9 Å². The van der Waals surface area contributed by atoms with Crippen LogP contribution in [0, 0.1) is 0 Å². The summed E-state index contributed by atoms with van der Waals surface area (Å²) in [4.78, 5) is 23.7. The van der Waals surface area contributed by atoms with E-state index in [2.05, 4.69) is 0 Å². The number of phenolic OH excluding ortho intramolecular Hbond substituents is 1. The van der Waals surface area contributed by atoms with E-state index < -0.39 is 0 Å². The predicted molar refractivity (Wildman–Crippen MR) is 104 cm³/mol.